The van der Waals surface area contributed by atoms with Crippen molar-refractivity contribution >= 4 is 62.1 Å². The molecule has 84 valence electrons. The van der Waals surface area contributed by atoms with Crippen LogP contribution in [0, 0.1) is 0 Å². The molecule has 16 heavy (non-hydrogen) atoms. The lowest BCUT2D eigenvalue weighted by molar-refractivity contribution is 1.18. The second kappa shape index (κ2) is 5.28. The average molecular weight is 356 g/mol. The molecule has 0 aliphatic heterocycles. The molecule has 0 saturated heterocycles. The summed E-state index contributed by atoms with van der Waals surface area (Å²) in [6.07, 6.45) is 0. The van der Waals surface area contributed by atoms with Crippen molar-refractivity contribution in [1.82, 2.24) is 0 Å². The van der Waals surface area contributed by atoms with Crippen LogP contribution in [0.3, 0.4) is 0 Å². The number of hydrogen-bond acceptors (Lipinski definition) is 1. The summed E-state index contributed by atoms with van der Waals surface area (Å²) in [5.41, 5.74) is 0.766. The molecular weight excluding hydrogens is 350 g/mol. The molecule has 1 unspecified atom stereocenters. The second-order valence-corrected chi connectivity index (χ2v) is 6.89. The van der Waals surface area contributed by atoms with Gasteiger partial charge < -0.3 is 0 Å². The predicted octanol–water partition coefficient (Wildman–Crippen LogP) is 6.15. The second-order valence-electron chi connectivity index (χ2n) is 3.14. The molecule has 0 amide bonds. The number of benzene rings is 1. The third-order valence-electron chi connectivity index (χ3n) is 2.10. The summed E-state index contributed by atoms with van der Waals surface area (Å²) in [4.78, 5) is 1.02. The van der Waals surface area contributed by atoms with E-state index >= 15 is 0 Å². The standard InChI is InChI=1S/C11H6BrCl3S/c12-9-5-4-8(16-9)11(15)10-6(13)2-1-3-7(10)14/h1-5,11H. The van der Waals surface area contributed by atoms with E-state index in [1.54, 1.807) is 23.5 Å². The van der Waals surface area contributed by atoms with Crippen LogP contribution in [0.25, 0.3) is 0 Å². The summed E-state index contributed by atoms with van der Waals surface area (Å²) >= 11 is 23.6. The van der Waals surface area contributed by atoms with Crippen molar-refractivity contribution in [1.29, 1.82) is 0 Å². The molecule has 0 bridgehead atoms. The molecule has 0 spiro atoms. The van der Waals surface area contributed by atoms with Gasteiger partial charge in [0, 0.05) is 20.5 Å². The van der Waals surface area contributed by atoms with Gasteiger partial charge in [0.25, 0.3) is 0 Å². The Morgan fingerprint density at radius 2 is 1.69 bits per heavy atom. The Labute approximate surface area is 121 Å². The maximum atomic E-state index is 6.38. The van der Waals surface area contributed by atoms with Crippen molar-refractivity contribution in [2.45, 2.75) is 5.38 Å². The first kappa shape index (κ1) is 12.7. The SMILES string of the molecule is Clc1cccc(Cl)c1C(Cl)c1ccc(Br)s1. The van der Waals surface area contributed by atoms with E-state index in [9.17, 15) is 0 Å². The van der Waals surface area contributed by atoms with Crippen LogP contribution in [0.1, 0.15) is 15.8 Å². The number of rotatable bonds is 2. The zero-order valence-electron chi connectivity index (χ0n) is 7.88. The number of alkyl halides is 1. The van der Waals surface area contributed by atoms with E-state index in [4.69, 9.17) is 34.8 Å². The smallest absolute Gasteiger partial charge is 0.0956 e. The fourth-order valence-corrected chi connectivity index (χ4v) is 3.94. The van der Waals surface area contributed by atoms with E-state index < -0.39 is 0 Å². The molecule has 5 heteroatoms. The van der Waals surface area contributed by atoms with Crippen molar-refractivity contribution in [2.24, 2.45) is 0 Å². The van der Waals surface area contributed by atoms with Gasteiger partial charge in [-0.2, -0.15) is 0 Å². The van der Waals surface area contributed by atoms with Gasteiger partial charge in [-0.05, 0) is 40.2 Å². The van der Waals surface area contributed by atoms with E-state index in [0.29, 0.717) is 10.0 Å². The summed E-state index contributed by atoms with van der Waals surface area (Å²) in [6, 6.07) is 9.32. The van der Waals surface area contributed by atoms with Gasteiger partial charge in [-0.1, -0.05) is 29.3 Å². The summed E-state index contributed by atoms with van der Waals surface area (Å²) in [7, 11) is 0. The first-order valence-electron chi connectivity index (χ1n) is 4.43. The molecular formula is C11H6BrCl3S. The topological polar surface area (TPSA) is 0 Å². The summed E-state index contributed by atoms with van der Waals surface area (Å²) in [6.45, 7) is 0. The van der Waals surface area contributed by atoms with Crippen molar-refractivity contribution in [3.05, 3.63) is 54.6 Å². The average Bonchev–Trinajstić information content (AvgIpc) is 2.64. The normalized spacial score (nSPS) is 12.8. The number of halogens is 4. The van der Waals surface area contributed by atoms with Crippen molar-refractivity contribution in [3.63, 3.8) is 0 Å². The van der Waals surface area contributed by atoms with E-state index in [2.05, 4.69) is 15.9 Å². The van der Waals surface area contributed by atoms with Gasteiger partial charge in [0.05, 0.1) is 9.16 Å². The summed E-state index contributed by atoms with van der Waals surface area (Å²) in [5.74, 6) is 0. The van der Waals surface area contributed by atoms with Crippen molar-refractivity contribution in [2.75, 3.05) is 0 Å². The van der Waals surface area contributed by atoms with Crippen LogP contribution in [0.2, 0.25) is 10.0 Å². The lowest BCUT2D eigenvalue weighted by Crippen LogP contribution is -1.92. The van der Waals surface area contributed by atoms with Crippen LogP contribution in [-0.2, 0) is 0 Å². The summed E-state index contributed by atoms with van der Waals surface area (Å²) < 4.78 is 1.04. The van der Waals surface area contributed by atoms with Crippen LogP contribution in [0.4, 0.5) is 0 Å². The largest absolute Gasteiger partial charge is 0.131 e. The molecule has 0 N–H and O–H groups in total. The molecule has 0 radical (unpaired) electrons. The molecule has 0 saturated carbocycles. The van der Waals surface area contributed by atoms with Crippen molar-refractivity contribution < 1.29 is 0 Å². The molecule has 1 aromatic carbocycles. The van der Waals surface area contributed by atoms with Crippen LogP contribution >= 0.6 is 62.1 Å². The van der Waals surface area contributed by atoms with Gasteiger partial charge in [0.15, 0.2) is 0 Å². The number of thiophene rings is 1. The van der Waals surface area contributed by atoms with E-state index in [1.165, 1.54) is 0 Å². The van der Waals surface area contributed by atoms with E-state index in [-0.39, 0.29) is 5.38 Å². The van der Waals surface area contributed by atoms with E-state index in [1.807, 2.05) is 18.2 Å². The lowest BCUT2D eigenvalue weighted by Gasteiger charge is -2.11. The first-order chi connectivity index (χ1) is 7.59. The highest BCUT2D eigenvalue weighted by molar-refractivity contribution is 9.11. The zero-order chi connectivity index (χ0) is 11.7. The Hall–Kier alpha value is 0.270. The molecule has 1 atom stereocenters. The third kappa shape index (κ3) is 2.57. The highest BCUT2D eigenvalue weighted by Crippen LogP contribution is 2.41. The van der Waals surface area contributed by atoms with Gasteiger partial charge in [-0.15, -0.1) is 22.9 Å². The Kier molecular flexibility index (Phi) is 4.20. The first-order valence-corrected chi connectivity index (χ1v) is 7.23. The fraction of sp³-hybridized carbons (Fsp3) is 0.0909. The minimum absolute atomic E-state index is 0.308. The van der Waals surface area contributed by atoms with Crippen LogP contribution in [-0.4, -0.2) is 0 Å². The summed E-state index contributed by atoms with van der Waals surface area (Å²) in [5, 5.41) is 0.881. The van der Waals surface area contributed by atoms with Gasteiger partial charge in [0.1, 0.15) is 0 Å². The predicted molar refractivity (Wildman–Crippen MR) is 76.2 cm³/mol. The Morgan fingerprint density at radius 1 is 1.06 bits per heavy atom. The molecule has 2 rings (SSSR count). The third-order valence-corrected chi connectivity index (χ3v) is 5.03. The minimum atomic E-state index is -0.308. The van der Waals surface area contributed by atoms with Gasteiger partial charge in [-0.3, -0.25) is 0 Å². The van der Waals surface area contributed by atoms with Gasteiger partial charge in [0.2, 0.25) is 0 Å². The van der Waals surface area contributed by atoms with Crippen LogP contribution in [0.15, 0.2) is 34.1 Å². The maximum Gasteiger partial charge on any atom is 0.0956 e. The molecule has 0 aliphatic rings. The maximum absolute atomic E-state index is 6.38. The minimum Gasteiger partial charge on any atom is -0.131 e. The Bertz CT molecular complexity index is 489. The van der Waals surface area contributed by atoms with Gasteiger partial charge in [-0.25, -0.2) is 0 Å². The molecule has 0 aliphatic carbocycles. The fourth-order valence-electron chi connectivity index (χ4n) is 1.36. The van der Waals surface area contributed by atoms with Crippen LogP contribution < -0.4 is 0 Å². The quantitative estimate of drug-likeness (QED) is 0.567. The highest BCUT2D eigenvalue weighted by Gasteiger charge is 2.18. The van der Waals surface area contributed by atoms with E-state index in [0.717, 1.165) is 14.2 Å². The van der Waals surface area contributed by atoms with Crippen LogP contribution in [0.5, 0.6) is 0 Å². The molecule has 1 heterocycles. The molecule has 2 aromatic rings. The Morgan fingerprint density at radius 3 is 2.19 bits per heavy atom. The lowest BCUT2D eigenvalue weighted by atomic mass is 10.1. The number of hydrogen-bond donors (Lipinski definition) is 0. The molecule has 1 aromatic heterocycles. The zero-order valence-corrected chi connectivity index (χ0v) is 12.6. The Balaban J connectivity index is 2.45. The monoisotopic (exact) mass is 354 g/mol. The molecule has 0 nitrogen and oxygen atoms in total. The highest BCUT2D eigenvalue weighted by atomic mass is 79.9. The molecule has 0 fully saturated rings. The van der Waals surface area contributed by atoms with Gasteiger partial charge >= 0.3 is 0 Å². The van der Waals surface area contributed by atoms with Crippen molar-refractivity contribution in [3.8, 4) is 0 Å².